The van der Waals surface area contributed by atoms with Crippen molar-refractivity contribution < 1.29 is 15.0 Å². The van der Waals surface area contributed by atoms with Gasteiger partial charge in [0.1, 0.15) is 22.5 Å². The highest BCUT2D eigenvalue weighted by atomic mass is 16.4. The van der Waals surface area contributed by atoms with Crippen LogP contribution in [-0.4, -0.2) is 31.2 Å². The Morgan fingerprint density at radius 3 is 2.13 bits per heavy atom. The van der Waals surface area contributed by atoms with E-state index >= 15 is 0 Å². The molecule has 6 nitrogen and oxygen atoms in total. The molecule has 0 amide bonds. The van der Waals surface area contributed by atoms with E-state index in [1.165, 1.54) is 16.9 Å². The van der Waals surface area contributed by atoms with E-state index in [4.69, 9.17) is 0 Å². The Bertz CT molecular complexity index is 874. The second-order valence-corrected chi connectivity index (χ2v) is 6.42. The number of hydrogen-bond acceptors (Lipinski definition) is 4. The van der Waals surface area contributed by atoms with Crippen molar-refractivity contribution in [2.45, 2.75) is 26.2 Å². The maximum absolute atomic E-state index is 11.4. The van der Waals surface area contributed by atoms with E-state index < -0.39 is 11.4 Å². The van der Waals surface area contributed by atoms with E-state index in [0.717, 1.165) is 0 Å². The summed E-state index contributed by atoms with van der Waals surface area (Å²) in [6, 6.07) is 10.2. The Hall–Kier alpha value is -2.89. The number of phenols is 1. The van der Waals surface area contributed by atoms with E-state index in [2.05, 4.69) is 10.2 Å². The van der Waals surface area contributed by atoms with Gasteiger partial charge in [-0.05, 0) is 29.7 Å². The number of aromatic hydroxyl groups is 1. The lowest BCUT2D eigenvalue weighted by atomic mass is 9.85. The van der Waals surface area contributed by atoms with E-state index in [0.29, 0.717) is 16.6 Å². The average molecular weight is 311 g/mol. The summed E-state index contributed by atoms with van der Waals surface area (Å²) < 4.78 is 0. The molecule has 0 bridgehead atoms. The van der Waals surface area contributed by atoms with Crippen LogP contribution in [0.5, 0.6) is 5.75 Å². The number of rotatable bonds is 2. The first kappa shape index (κ1) is 15.0. The van der Waals surface area contributed by atoms with Gasteiger partial charge in [0.15, 0.2) is 0 Å². The number of fused-ring (bicyclic) bond motifs is 1. The molecule has 0 atom stereocenters. The summed E-state index contributed by atoms with van der Waals surface area (Å²) in [4.78, 5) is 12.7. The molecule has 0 unspecified atom stereocenters. The molecule has 3 aromatic rings. The molecule has 1 aromatic heterocycles. The normalized spacial score (nSPS) is 11.8. The van der Waals surface area contributed by atoms with E-state index in [-0.39, 0.29) is 17.0 Å². The molecule has 6 heteroatoms. The third-order valence-corrected chi connectivity index (χ3v) is 3.65. The van der Waals surface area contributed by atoms with Gasteiger partial charge in [-0.15, -0.1) is 15.0 Å². The largest absolute Gasteiger partial charge is 0.505 e. The summed E-state index contributed by atoms with van der Waals surface area (Å²) in [6.45, 7) is 5.72. The van der Waals surface area contributed by atoms with Crippen molar-refractivity contribution in [3.05, 3.63) is 47.5 Å². The molecule has 0 saturated carbocycles. The van der Waals surface area contributed by atoms with Gasteiger partial charge in [-0.1, -0.05) is 32.9 Å². The molecule has 1 heterocycles. The number of carbonyl (C=O) groups is 1. The van der Waals surface area contributed by atoms with Crippen LogP contribution in [0.4, 0.5) is 0 Å². The summed E-state index contributed by atoms with van der Waals surface area (Å²) in [5.74, 6) is -1.07. The Kier molecular flexibility index (Phi) is 3.32. The van der Waals surface area contributed by atoms with Gasteiger partial charge < -0.3 is 10.2 Å². The van der Waals surface area contributed by atoms with Crippen LogP contribution in [0.1, 0.15) is 36.7 Å². The van der Waals surface area contributed by atoms with Crippen molar-refractivity contribution in [2.24, 2.45) is 0 Å². The highest BCUT2D eigenvalue weighted by Crippen LogP contribution is 2.36. The fourth-order valence-electron chi connectivity index (χ4n) is 2.43. The minimum atomic E-state index is -1.06. The summed E-state index contributed by atoms with van der Waals surface area (Å²) in [6.07, 6.45) is 0. The third-order valence-electron chi connectivity index (χ3n) is 3.65. The molecule has 0 aliphatic carbocycles. The first-order valence-corrected chi connectivity index (χ1v) is 7.20. The van der Waals surface area contributed by atoms with Crippen LogP contribution in [-0.2, 0) is 5.41 Å². The van der Waals surface area contributed by atoms with Crippen molar-refractivity contribution in [1.29, 1.82) is 0 Å². The summed E-state index contributed by atoms with van der Waals surface area (Å²) >= 11 is 0. The Labute approximate surface area is 133 Å². The van der Waals surface area contributed by atoms with Crippen LogP contribution < -0.4 is 0 Å². The predicted molar refractivity (Wildman–Crippen MR) is 86.2 cm³/mol. The molecule has 118 valence electrons. The number of benzene rings is 2. The number of nitrogens with zero attached hydrogens (tertiary/aromatic N) is 3. The Morgan fingerprint density at radius 1 is 1.09 bits per heavy atom. The van der Waals surface area contributed by atoms with E-state index in [9.17, 15) is 15.0 Å². The zero-order chi connectivity index (χ0) is 16.8. The molecule has 0 saturated heterocycles. The summed E-state index contributed by atoms with van der Waals surface area (Å²) in [5.41, 5.74) is 1.80. The monoisotopic (exact) mass is 311 g/mol. The molecular formula is C17H17N3O3. The van der Waals surface area contributed by atoms with Gasteiger partial charge in [0, 0.05) is 5.56 Å². The molecule has 23 heavy (non-hydrogen) atoms. The van der Waals surface area contributed by atoms with Crippen molar-refractivity contribution in [1.82, 2.24) is 15.0 Å². The molecule has 3 rings (SSSR count). The fourth-order valence-corrected chi connectivity index (χ4v) is 2.43. The molecule has 0 fully saturated rings. The molecule has 2 aromatic carbocycles. The van der Waals surface area contributed by atoms with Gasteiger partial charge in [-0.25, -0.2) is 4.79 Å². The highest BCUT2D eigenvalue weighted by molar-refractivity contribution is 5.89. The minimum absolute atomic E-state index is 0.0113. The summed E-state index contributed by atoms with van der Waals surface area (Å²) in [5, 5.41) is 28.6. The molecule has 0 radical (unpaired) electrons. The number of carboxylic acid groups (broad SMARTS) is 1. The van der Waals surface area contributed by atoms with E-state index in [1.807, 2.05) is 45.0 Å². The van der Waals surface area contributed by atoms with Gasteiger partial charge in [0.2, 0.25) is 0 Å². The number of carboxylic acids is 1. The molecule has 0 aliphatic heterocycles. The first-order chi connectivity index (χ1) is 10.8. The van der Waals surface area contributed by atoms with Crippen molar-refractivity contribution >= 4 is 17.0 Å². The van der Waals surface area contributed by atoms with Crippen LogP contribution in [0.3, 0.4) is 0 Å². The lowest BCUT2D eigenvalue weighted by molar-refractivity contribution is 0.0696. The van der Waals surface area contributed by atoms with Crippen LogP contribution in [0.2, 0.25) is 0 Å². The number of hydrogen-bond donors (Lipinski definition) is 2. The SMILES string of the molecule is CC(C)(C)c1cc(C(=O)O)cc(-n2nc3ccccc3n2)c1O. The summed E-state index contributed by atoms with van der Waals surface area (Å²) in [7, 11) is 0. The lowest BCUT2D eigenvalue weighted by Gasteiger charge is -2.22. The topological polar surface area (TPSA) is 88.2 Å². The van der Waals surface area contributed by atoms with Crippen LogP contribution in [0, 0.1) is 0 Å². The van der Waals surface area contributed by atoms with E-state index in [1.54, 1.807) is 0 Å². The quantitative estimate of drug-likeness (QED) is 0.759. The zero-order valence-corrected chi connectivity index (χ0v) is 13.1. The van der Waals surface area contributed by atoms with Gasteiger partial charge >= 0.3 is 5.97 Å². The highest BCUT2D eigenvalue weighted by Gasteiger charge is 2.24. The lowest BCUT2D eigenvalue weighted by Crippen LogP contribution is -2.15. The maximum Gasteiger partial charge on any atom is 0.335 e. The second kappa shape index (κ2) is 5.08. The fraction of sp³-hybridized carbons (Fsp3) is 0.235. The standard InChI is InChI=1S/C17H17N3O3/c1-17(2,3)11-8-10(16(22)23)9-14(15(11)21)20-18-12-6-4-5-7-13(12)19-20/h4-9,21H,1-3H3,(H,22,23). The van der Waals surface area contributed by atoms with Gasteiger partial charge in [-0.2, -0.15) is 0 Å². The number of phenolic OH excluding ortho intramolecular Hbond substituents is 1. The van der Waals surface area contributed by atoms with Gasteiger partial charge in [-0.3, -0.25) is 0 Å². The van der Waals surface area contributed by atoms with Crippen LogP contribution in [0.15, 0.2) is 36.4 Å². The maximum atomic E-state index is 11.4. The smallest absolute Gasteiger partial charge is 0.335 e. The van der Waals surface area contributed by atoms with Crippen molar-refractivity contribution in [3.8, 4) is 11.4 Å². The van der Waals surface area contributed by atoms with Crippen molar-refractivity contribution in [3.63, 3.8) is 0 Å². The Morgan fingerprint density at radius 2 is 1.65 bits per heavy atom. The van der Waals surface area contributed by atoms with Crippen LogP contribution >= 0.6 is 0 Å². The predicted octanol–water partition coefficient (Wildman–Crippen LogP) is 3.12. The second-order valence-electron chi connectivity index (χ2n) is 6.42. The number of aromatic carboxylic acids is 1. The van der Waals surface area contributed by atoms with Gasteiger partial charge in [0.25, 0.3) is 0 Å². The van der Waals surface area contributed by atoms with Crippen LogP contribution in [0.25, 0.3) is 16.7 Å². The average Bonchev–Trinajstić information content (AvgIpc) is 2.89. The minimum Gasteiger partial charge on any atom is -0.505 e. The van der Waals surface area contributed by atoms with Crippen molar-refractivity contribution in [2.75, 3.05) is 0 Å². The first-order valence-electron chi connectivity index (χ1n) is 7.20. The third kappa shape index (κ3) is 2.63. The molecular weight excluding hydrogens is 294 g/mol. The Balaban J connectivity index is 2.29. The molecule has 0 spiro atoms. The van der Waals surface area contributed by atoms with Gasteiger partial charge in [0.05, 0.1) is 5.56 Å². The molecule has 0 aliphatic rings. The zero-order valence-electron chi connectivity index (χ0n) is 13.1. The molecule has 2 N–H and O–H groups in total. The number of aromatic nitrogens is 3.